The number of carbonyl (C=O) groups is 1. The van der Waals surface area contributed by atoms with Crippen LogP contribution in [0, 0.1) is 17.1 Å². The number of nitrogens with zero attached hydrogens (tertiary/aromatic N) is 2. The van der Waals surface area contributed by atoms with E-state index in [1.807, 2.05) is 6.07 Å². The van der Waals surface area contributed by atoms with E-state index in [1.54, 1.807) is 0 Å². The maximum absolute atomic E-state index is 13.0. The Morgan fingerprint density at radius 1 is 1.35 bits per heavy atom. The van der Waals surface area contributed by atoms with Gasteiger partial charge in [0.15, 0.2) is 0 Å². The van der Waals surface area contributed by atoms with Crippen LogP contribution in [0.15, 0.2) is 36.5 Å². The second-order valence-corrected chi connectivity index (χ2v) is 3.83. The van der Waals surface area contributed by atoms with Crippen molar-refractivity contribution >= 4 is 17.4 Å². The quantitative estimate of drug-likeness (QED) is 0.581. The Balaban J connectivity index is 2.21. The van der Waals surface area contributed by atoms with E-state index < -0.39 is 11.7 Å². The van der Waals surface area contributed by atoms with E-state index >= 15 is 0 Å². The second-order valence-electron chi connectivity index (χ2n) is 3.83. The molecule has 0 radical (unpaired) electrons. The summed E-state index contributed by atoms with van der Waals surface area (Å²) in [6.45, 7) is 0. The lowest BCUT2D eigenvalue weighted by molar-refractivity contribution is 0.102. The van der Waals surface area contributed by atoms with Crippen molar-refractivity contribution in [2.24, 2.45) is 5.84 Å². The highest BCUT2D eigenvalue weighted by Crippen LogP contribution is 2.17. The van der Waals surface area contributed by atoms with Gasteiger partial charge >= 0.3 is 0 Å². The van der Waals surface area contributed by atoms with Gasteiger partial charge in [-0.25, -0.2) is 15.2 Å². The van der Waals surface area contributed by atoms with Crippen molar-refractivity contribution < 1.29 is 9.18 Å². The fourth-order valence-corrected chi connectivity index (χ4v) is 1.53. The van der Waals surface area contributed by atoms with Crippen LogP contribution >= 0.6 is 0 Å². The summed E-state index contributed by atoms with van der Waals surface area (Å²) in [6, 6.07) is 8.41. The van der Waals surface area contributed by atoms with Crippen molar-refractivity contribution in [2.75, 3.05) is 10.7 Å². The molecule has 0 fully saturated rings. The first-order chi connectivity index (χ1) is 9.63. The first-order valence-corrected chi connectivity index (χ1v) is 5.57. The molecule has 7 heteroatoms. The van der Waals surface area contributed by atoms with Crippen LogP contribution in [0.4, 0.5) is 15.9 Å². The van der Waals surface area contributed by atoms with Gasteiger partial charge in [-0.15, -0.1) is 0 Å². The van der Waals surface area contributed by atoms with E-state index in [9.17, 15) is 9.18 Å². The first-order valence-electron chi connectivity index (χ1n) is 5.57. The number of amides is 1. The Morgan fingerprint density at radius 3 is 2.75 bits per heavy atom. The first kappa shape index (κ1) is 13.5. The highest BCUT2D eigenvalue weighted by atomic mass is 19.1. The minimum Gasteiger partial charge on any atom is -0.321 e. The number of hydrogen-bond acceptors (Lipinski definition) is 5. The smallest absolute Gasteiger partial charge is 0.257 e. The summed E-state index contributed by atoms with van der Waals surface area (Å²) < 4.78 is 13.0. The van der Waals surface area contributed by atoms with Gasteiger partial charge in [0.25, 0.3) is 5.91 Å². The maximum Gasteiger partial charge on any atom is 0.257 e. The van der Waals surface area contributed by atoms with Crippen molar-refractivity contribution in [3.05, 3.63) is 53.5 Å². The van der Waals surface area contributed by atoms with Gasteiger partial charge in [0.1, 0.15) is 17.7 Å². The number of nitriles is 1. The molecule has 20 heavy (non-hydrogen) atoms. The molecule has 1 aromatic carbocycles. The number of pyridine rings is 1. The van der Waals surface area contributed by atoms with E-state index in [2.05, 4.69) is 15.7 Å². The third-order valence-electron chi connectivity index (χ3n) is 2.52. The van der Waals surface area contributed by atoms with Crippen LogP contribution < -0.4 is 16.6 Å². The molecule has 1 heterocycles. The van der Waals surface area contributed by atoms with Gasteiger partial charge in [0.05, 0.1) is 16.8 Å². The number of anilines is 2. The van der Waals surface area contributed by atoms with Gasteiger partial charge < -0.3 is 10.7 Å². The molecule has 1 amide bonds. The molecule has 2 rings (SSSR count). The van der Waals surface area contributed by atoms with E-state index in [0.717, 1.165) is 12.1 Å². The van der Waals surface area contributed by atoms with Crippen molar-refractivity contribution in [2.45, 2.75) is 0 Å². The number of aromatic nitrogens is 1. The molecular weight excluding hydrogens is 261 g/mol. The lowest BCUT2D eigenvalue weighted by atomic mass is 10.1. The van der Waals surface area contributed by atoms with Crippen molar-refractivity contribution in [1.29, 1.82) is 5.26 Å². The average Bonchev–Trinajstić information content (AvgIpc) is 2.49. The predicted molar refractivity (Wildman–Crippen MR) is 71.1 cm³/mol. The highest BCUT2D eigenvalue weighted by Gasteiger charge is 2.10. The summed E-state index contributed by atoms with van der Waals surface area (Å²) in [5.74, 6) is 4.59. The van der Waals surface area contributed by atoms with Crippen LogP contribution in [-0.2, 0) is 0 Å². The van der Waals surface area contributed by atoms with Crippen LogP contribution in [0.1, 0.15) is 15.9 Å². The third kappa shape index (κ3) is 2.88. The standard InChI is InChI=1S/C13H10FN5O/c14-10-2-3-11(9(5-10)6-15)18-13(20)8-1-4-12(19-16)17-7-8/h1-5,7H,16H2,(H,17,19)(H,18,20). The molecular formula is C13H10FN5O. The zero-order valence-electron chi connectivity index (χ0n) is 10.2. The van der Waals surface area contributed by atoms with Crippen LogP contribution in [0.25, 0.3) is 0 Å². The molecule has 0 bridgehead atoms. The molecule has 0 aliphatic carbocycles. The number of nitrogens with two attached hydrogens (primary N) is 1. The second kappa shape index (κ2) is 5.77. The van der Waals surface area contributed by atoms with E-state index in [0.29, 0.717) is 5.82 Å². The number of nitrogens with one attached hydrogen (secondary N) is 2. The molecule has 6 nitrogen and oxygen atoms in total. The fraction of sp³-hybridized carbons (Fsp3) is 0. The third-order valence-corrected chi connectivity index (χ3v) is 2.52. The van der Waals surface area contributed by atoms with E-state index in [4.69, 9.17) is 11.1 Å². The lowest BCUT2D eigenvalue weighted by Crippen LogP contribution is -2.14. The van der Waals surface area contributed by atoms with Crippen molar-refractivity contribution in [3.63, 3.8) is 0 Å². The Morgan fingerprint density at radius 2 is 2.15 bits per heavy atom. The van der Waals surface area contributed by atoms with Gasteiger partial charge in [0.2, 0.25) is 0 Å². The number of nitrogen functional groups attached to an aromatic ring is 1. The molecule has 0 unspecified atom stereocenters. The van der Waals surface area contributed by atoms with Crippen LogP contribution in [0.3, 0.4) is 0 Å². The number of benzene rings is 1. The molecule has 4 N–H and O–H groups in total. The molecule has 1 aromatic heterocycles. The zero-order valence-corrected chi connectivity index (χ0v) is 10.2. The van der Waals surface area contributed by atoms with Gasteiger partial charge in [-0.1, -0.05) is 0 Å². The topological polar surface area (TPSA) is 104 Å². The van der Waals surface area contributed by atoms with Crippen LogP contribution in [-0.4, -0.2) is 10.9 Å². The lowest BCUT2D eigenvalue weighted by Gasteiger charge is -2.07. The number of carbonyl (C=O) groups excluding carboxylic acids is 1. The maximum atomic E-state index is 13.0. The molecule has 0 spiro atoms. The molecule has 0 aliphatic heterocycles. The Bertz CT molecular complexity index is 678. The monoisotopic (exact) mass is 271 g/mol. The Hall–Kier alpha value is -2.98. The zero-order chi connectivity index (χ0) is 14.5. The van der Waals surface area contributed by atoms with Gasteiger partial charge in [-0.2, -0.15) is 5.26 Å². The van der Waals surface area contributed by atoms with Crippen molar-refractivity contribution in [3.8, 4) is 6.07 Å². The summed E-state index contributed by atoms with van der Waals surface area (Å²) in [4.78, 5) is 15.9. The number of hydrazine groups is 1. The van der Waals surface area contributed by atoms with E-state index in [1.165, 1.54) is 24.4 Å². The molecule has 100 valence electrons. The molecule has 2 aromatic rings. The minimum absolute atomic E-state index is 0.0477. The van der Waals surface area contributed by atoms with Crippen LogP contribution in [0.5, 0.6) is 0 Å². The Labute approximate surface area is 114 Å². The fourth-order valence-electron chi connectivity index (χ4n) is 1.53. The van der Waals surface area contributed by atoms with Crippen LogP contribution in [0.2, 0.25) is 0 Å². The number of hydrogen-bond donors (Lipinski definition) is 3. The highest BCUT2D eigenvalue weighted by molar-refractivity contribution is 6.04. The molecule has 0 atom stereocenters. The molecule has 0 aliphatic rings. The minimum atomic E-state index is -0.542. The molecule has 0 saturated carbocycles. The van der Waals surface area contributed by atoms with E-state index in [-0.39, 0.29) is 16.8 Å². The number of halogens is 1. The normalized spacial score (nSPS) is 9.65. The summed E-state index contributed by atoms with van der Waals surface area (Å²) in [6.07, 6.45) is 1.33. The van der Waals surface area contributed by atoms with Gasteiger partial charge in [-0.3, -0.25) is 4.79 Å². The average molecular weight is 271 g/mol. The van der Waals surface area contributed by atoms with Gasteiger partial charge in [-0.05, 0) is 30.3 Å². The van der Waals surface area contributed by atoms with Crippen molar-refractivity contribution in [1.82, 2.24) is 4.98 Å². The largest absolute Gasteiger partial charge is 0.321 e. The number of rotatable bonds is 3. The SMILES string of the molecule is N#Cc1cc(F)ccc1NC(=O)c1ccc(NN)nc1. The van der Waals surface area contributed by atoms with Gasteiger partial charge in [0, 0.05) is 6.20 Å². The summed E-state index contributed by atoms with van der Waals surface area (Å²) >= 11 is 0. The Kier molecular flexibility index (Phi) is 3.88. The predicted octanol–water partition coefficient (Wildman–Crippen LogP) is 1.63. The summed E-state index contributed by atoms with van der Waals surface area (Å²) in [5, 5.41) is 11.4. The summed E-state index contributed by atoms with van der Waals surface area (Å²) in [7, 11) is 0. The molecule has 0 saturated heterocycles. The summed E-state index contributed by atoms with van der Waals surface area (Å²) in [5.41, 5.74) is 2.91.